The van der Waals surface area contributed by atoms with Gasteiger partial charge in [-0.05, 0) is 37.2 Å². The number of hydrogen-bond donors (Lipinski definition) is 1. The van der Waals surface area contributed by atoms with E-state index in [2.05, 4.69) is 17.3 Å². The summed E-state index contributed by atoms with van der Waals surface area (Å²) in [4.78, 5) is 14.4. The van der Waals surface area contributed by atoms with Crippen LogP contribution in [-0.2, 0) is 16.0 Å². The van der Waals surface area contributed by atoms with Gasteiger partial charge in [0.2, 0.25) is 5.91 Å². The van der Waals surface area contributed by atoms with Crippen LogP contribution in [-0.4, -0.2) is 37.6 Å². The molecule has 0 radical (unpaired) electrons. The molecule has 2 aromatic carbocycles. The second-order valence-corrected chi connectivity index (χ2v) is 6.45. The highest BCUT2D eigenvalue weighted by molar-refractivity contribution is 5.92. The average Bonchev–Trinajstić information content (AvgIpc) is 2.58. The summed E-state index contributed by atoms with van der Waals surface area (Å²) in [5.74, 6) is 0.000234. The van der Waals surface area contributed by atoms with E-state index < -0.39 is 0 Å². The van der Waals surface area contributed by atoms with E-state index in [0.29, 0.717) is 6.42 Å². The largest absolute Gasteiger partial charge is 0.371 e. The van der Waals surface area contributed by atoms with Gasteiger partial charge in [-0.15, -0.1) is 0 Å². The van der Waals surface area contributed by atoms with Crippen molar-refractivity contribution in [3.05, 3.63) is 65.2 Å². The third-order valence-corrected chi connectivity index (χ3v) is 4.32. The highest BCUT2D eigenvalue weighted by Gasteiger charge is 2.19. The maximum Gasteiger partial charge on any atom is 0.228 e. The summed E-state index contributed by atoms with van der Waals surface area (Å²) >= 11 is 0. The van der Waals surface area contributed by atoms with E-state index in [0.717, 1.165) is 36.5 Å². The average molecular weight is 324 g/mol. The van der Waals surface area contributed by atoms with Crippen molar-refractivity contribution in [1.29, 1.82) is 0 Å². The zero-order chi connectivity index (χ0) is 16.9. The molecule has 1 fully saturated rings. The van der Waals surface area contributed by atoms with Crippen molar-refractivity contribution in [3.8, 4) is 0 Å². The quantitative estimate of drug-likeness (QED) is 0.939. The predicted molar refractivity (Wildman–Crippen MR) is 96.1 cm³/mol. The minimum atomic E-state index is 0.000234. The first kappa shape index (κ1) is 16.7. The van der Waals surface area contributed by atoms with E-state index in [-0.39, 0.29) is 12.0 Å². The number of nitrogens with one attached hydrogen (secondary N) is 1. The molecule has 0 bridgehead atoms. The number of morpholine rings is 1. The van der Waals surface area contributed by atoms with Gasteiger partial charge in [-0.25, -0.2) is 0 Å². The summed E-state index contributed by atoms with van der Waals surface area (Å²) in [6, 6.07) is 16.0. The Morgan fingerprint density at radius 2 is 1.88 bits per heavy atom. The van der Waals surface area contributed by atoms with Gasteiger partial charge >= 0.3 is 0 Å². The summed E-state index contributed by atoms with van der Waals surface area (Å²) in [5, 5.41) is 2.95. The standard InChI is InChI=1S/C20H24N2O2/c1-15-3-5-16(6-4-15)13-20(23)21-18-9-7-17(8-10-18)19-14-22(2)11-12-24-19/h3-10,19H,11-14H2,1-2H3,(H,21,23). The number of nitrogens with zero attached hydrogens (tertiary/aromatic N) is 1. The number of anilines is 1. The van der Waals surface area contributed by atoms with Gasteiger partial charge in [0.15, 0.2) is 0 Å². The molecule has 1 amide bonds. The van der Waals surface area contributed by atoms with Crippen LogP contribution in [0.3, 0.4) is 0 Å². The molecule has 4 heteroatoms. The first-order chi connectivity index (χ1) is 11.6. The van der Waals surface area contributed by atoms with Crippen LogP contribution in [0.2, 0.25) is 0 Å². The number of amides is 1. The molecule has 0 spiro atoms. The minimum absolute atomic E-state index is 0.000234. The van der Waals surface area contributed by atoms with Crippen molar-refractivity contribution in [3.63, 3.8) is 0 Å². The number of benzene rings is 2. The minimum Gasteiger partial charge on any atom is -0.371 e. The van der Waals surface area contributed by atoms with Crippen molar-refractivity contribution in [2.45, 2.75) is 19.4 Å². The monoisotopic (exact) mass is 324 g/mol. The number of rotatable bonds is 4. The van der Waals surface area contributed by atoms with Crippen LogP contribution >= 0.6 is 0 Å². The maximum atomic E-state index is 12.2. The molecule has 126 valence electrons. The van der Waals surface area contributed by atoms with Crippen molar-refractivity contribution >= 4 is 11.6 Å². The number of carbonyl (C=O) groups excluding carboxylic acids is 1. The Bertz CT molecular complexity index is 680. The SMILES string of the molecule is Cc1ccc(CC(=O)Nc2ccc(C3CN(C)CCO3)cc2)cc1. The van der Waals surface area contributed by atoms with E-state index in [9.17, 15) is 4.79 Å². The molecule has 0 saturated carbocycles. The van der Waals surface area contributed by atoms with E-state index in [1.807, 2.05) is 55.5 Å². The number of hydrogen-bond acceptors (Lipinski definition) is 3. The predicted octanol–water partition coefficient (Wildman–Crippen LogP) is 3.18. The molecule has 24 heavy (non-hydrogen) atoms. The molecule has 2 aromatic rings. The van der Waals surface area contributed by atoms with Gasteiger partial charge in [-0.3, -0.25) is 4.79 Å². The van der Waals surface area contributed by atoms with Gasteiger partial charge in [0, 0.05) is 18.8 Å². The molecule has 1 N–H and O–H groups in total. The third kappa shape index (κ3) is 4.43. The number of likely N-dealkylation sites (N-methyl/N-ethyl adjacent to an activating group) is 1. The Morgan fingerprint density at radius 3 is 2.54 bits per heavy atom. The summed E-state index contributed by atoms with van der Waals surface area (Å²) in [5.41, 5.74) is 4.19. The molecule has 1 aliphatic rings. The van der Waals surface area contributed by atoms with Crippen LogP contribution in [0, 0.1) is 6.92 Å². The lowest BCUT2D eigenvalue weighted by Gasteiger charge is -2.30. The summed E-state index contributed by atoms with van der Waals surface area (Å²) in [7, 11) is 2.11. The lowest BCUT2D eigenvalue weighted by molar-refractivity contribution is -0.115. The highest BCUT2D eigenvalue weighted by atomic mass is 16.5. The molecule has 4 nitrogen and oxygen atoms in total. The second-order valence-electron chi connectivity index (χ2n) is 6.45. The number of carbonyl (C=O) groups is 1. The van der Waals surface area contributed by atoms with E-state index >= 15 is 0 Å². The van der Waals surface area contributed by atoms with Crippen LogP contribution < -0.4 is 5.32 Å². The maximum absolute atomic E-state index is 12.2. The Labute approximate surface area is 143 Å². The molecule has 1 aliphatic heterocycles. The lowest BCUT2D eigenvalue weighted by atomic mass is 10.1. The highest BCUT2D eigenvalue weighted by Crippen LogP contribution is 2.23. The zero-order valence-corrected chi connectivity index (χ0v) is 14.3. The van der Waals surface area contributed by atoms with Gasteiger partial charge < -0.3 is 15.0 Å². The molecule has 3 rings (SSSR count). The van der Waals surface area contributed by atoms with Gasteiger partial charge in [0.1, 0.15) is 0 Å². The van der Waals surface area contributed by atoms with Gasteiger partial charge in [0.25, 0.3) is 0 Å². The molecule has 1 heterocycles. The zero-order valence-electron chi connectivity index (χ0n) is 14.3. The Hall–Kier alpha value is -2.17. The first-order valence-electron chi connectivity index (χ1n) is 8.35. The summed E-state index contributed by atoms with van der Waals surface area (Å²) in [6.45, 7) is 4.68. The van der Waals surface area contributed by atoms with Crippen molar-refractivity contribution in [2.24, 2.45) is 0 Å². The first-order valence-corrected chi connectivity index (χ1v) is 8.35. The summed E-state index contributed by atoms with van der Waals surface area (Å²) in [6.07, 6.45) is 0.500. The second kappa shape index (κ2) is 7.60. The van der Waals surface area contributed by atoms with E-state index in [1.165, 1.54) is 5.56 Å². The topological polar surface area (TPSA) is 41.6 Å². The van der Waals surface area contributed by atoms with Crippen LogP contribution in [0.1, 0.15) is 22.8 Å². The Balaban J connectivity index is 1.57. The Morgan fingerprint density at radius 1 is 1.17 bits per heavy atom. The fraction of sp³-hybridized carbons (Fsp3) is 0.350. The summed E-state index contributed by atoms with van der Waals surface area (Å²) < 4.78 is 5.81. The van der Waals surface area contributed by atoms with Crippen LogP contribution in [0.4, 0.5) is 5.69 Å². The van der Waals surface area contributed by atoms with Crippen LogP contribution in [0.5, 0.6) is 0 Å². The van der Waals surface area contributed by atoms with Crippen molar-refractivity contribution < 1.29 is 9.53 Å². The van der Waals surface area contributed by atoms with Crippen molar-refractivity contribution in [1.82, 2.24) is 4.90 Å². The fourth-order valence-electron chi connectivity index (χ4n) is 2.86. The molecule has 1 unspecified atom stereocenters. The lowest BCUT2D eigenvalue weighted by Crippen LogP contribution is -2.35. The molecule has 1 atom stereocenters. The molecular weight excluding hydrogens is 300 g/mol. The van der Waals surface area contributed by atoms with E-state index in [4.69, 9.17) is 4.74 Å². The molecule has 0 aliphatic carbocycles. The normalized spacial score (nSPS) is 18.3. The van der Waals surface area contributed by atoms with Crippen molar-refractivity contribution in [2.75, 3.05) is 32.1 Å². The van der Waals surface area contributed by atoms with Gasteiger partial charge in [-0.1, -0.05) is 42.0 Å². The van der Waals surface area contributed by atoms with Gasteiger partial charge in [0.05, 0.1) is 19.1 Å². The van der Waals surface area contributed by atoms with Crippen LogP contribution in [0.15, 0.2) is 48.5 Å². The van der Waals surface area contributed by atoms with Crippen LogP contribution in [0.25, 0.3) is 0 Å². The van der Waals surface area contributed by atoms with Gasteiger partial charge in [-0.2, -0.15) is 0 Å². The number of ether oxygens (including phenoxy) is 1. The molecule has 0 aromatic heterocycles. The molecular formula is C20H24N2O2. The Kier molecular flexibility index (Phi) is 5.28. The third-order valence-electron chi connectivity index (χ3n) is 4.32. The fourth-order valence-corrected chi connectivity index (χ4v) is 2.86. The number of aryl methyl sites for hydroxylation is 1. The molecule has 1 saturated heterocycles. The smallest absolute Gasteiger partial charge is 0.228 e. The van der Waals surface area contributed by atoms with E-state index in [1.54, 1.807) is 0 Å².